The molecule has 0 bridgehead atoms. The maximum atomic E-state index is 6.11. The molecule has 0 aromatic carbocycles. The molecular weight excluding hydrogens is 228 g/mol. The van der Waals surface area contributed by atoms with E-state index in [1.54, 1.807) is 0 Å². The Hall–Kier alpha value is -0.160. The molecule has 0 spiro atoms. The quantitative estimate of drug-likeness (QED) is 0.821. The summed E-state index contributed by atoms with van der Waals surface area (Å²) in [6.45, 7) is 8.10. The number of hydrogen-bond acceptors (Lipinski definition) is 4. The molecule has 2 saturated heterocycles. The van der Waals surface area contributed by atoms with Gasteiger partial charge >= 0.3 is 0 Å². The van der Waals surface area contributed by atoms with Gasteiger partial charge in [0.05, 0.1) is 25.4 Å². The van der Waals surface area contributed by atoms with Crippen LogP contribution in [0.25, 0.3) is 0 Å². The molecule has 4 heteroatoms. The highest BCUT2D eigenvalue weighted by Gasteiger charge is 2.28. The fraction of sp³-hybridized carbons (Fsp3) is 1.00. The number of morpholine rings is 1. The van der Waals surface area contributed by atoms with Gasteiger partial charge in [-0.25, -0.2) is 0 Å². The van der Waals surface area contributed by atoms with Gasteiger partial charge in [-0.15, -0.1) is 0 Å². The third-order valence-corrected chi connectivity index (χ3v) is 4.11. The summed E-state index contributed by atoms with van der Waals surface area (Å²) >= 11 is 0. The molecule has 4 nitrogen and oxygen atoms in total. The standard InChI is InChI=1S/C14H28N2O2/c1-4-13-14(6-5-11(2)15-13)18-10-12-9-16(3)7-8-17-12/h11-15H,4-10H2,1-3H3. The van der Waals surface area contributed by atoms with Crippen LogP contribution in [-0.4, -0.2) is 62.5 Å². The second-order valence-electron chi connectivity index (χ2n) is 5.79. The van der Waals surface area contributed by atoms with Crippen molar-refractivity contribution < 1.29 is 9.47 Å². The minimum atomic E-state index is 0.251. The lowest BCUT2D eigenvalue weighted by molar-refractivity contribution is -0.0930. The molecule has 0 saturated carbocycles. The molecule has 2 heterocycles. The van der Waals surface area contributed by atoms with Crippen LogP contribution in [0.2, 0.25) is 0 Å². The summed E-state index contributed by atoms with van der Waals surface area (Å²) in [5.74, 6) is 0. The van der Waals surface area contributed by atoms with E-state index in [1.165, 1.54) is 12.8 Å². The van der Waals surface area contributed by atoms with Crippen LogP contribution in [0, 0.1) is 0 Å². The lowest BCUT2D eigenvalue weighted by Crippen LogP contribution is -2.51. The first kappa shape index (κ1) is 14.3. The van der Waals surface area contributed by atoms with Crippen molar-refractivity contribution in [3.63, 3.8) is 0 Å². The molecule has 0 aromatic heterocycles. The van der Waals surface area contributed by atoms with E-state index in [9.17, 15) is 0 Å². The van der Waals surface area contributed by atoms with Crippen LogP contribution in [0.4, 0.5) is 0 Å². The zero-order chi connectivity index (χ0) is 13.0. The Bertz CT molecular complexity index is 250. The van der Waals surface area contributed by atoms with Crippen LogP contribution < -0.4 is 5.32 Å². The number of likely N-dealkylation sites (N-methyl/N-ethyl adjacent to an activating group) is 1. The van der Waals surface area contributed by atoms with Gasteiger partial charge in [0, 0.05) is 25.2 Å². The number of nitrogens with zero attached hydrogens (tertiary/aromatic N) is 1. The highest BCUT2D eigenvalue weighted by Crippen LogP contribution is 2.19. The summed E-state index contributed by atoms with van der Waals surface area (Å²) in [5, 5.41) is 3.64. The summed E-state index contributed by atoms with van der Waals surface area (Å²) in [4.78, 5) is 2.32. The van der Waals surface area contributed by atoms with E-state index in [-0.39, 0.29) is 6.10 Å². The SMILES string of the molecule is CCC1NC(C)CCC1OCC1CN(C)CCO1. The van der Waals surface area contributed by atoms with E-state index in [0.717, 1.165) is 32.7 Å². The molecule has 0 amide bonds. The van der Waals surface area contributed by atoms with Crippen LogP contribution in [0.3, 0.4) is 0 Å². The van der Waals surface area contributed by atoms with Crippen LogP contribution in [0.15, 0.2) is 0 Å². The van der Waals surface area contributed by atoms with Gasteiger partial charge in [-0.3, -0.25) is 0 Å². The average Bonchev–Trinajstić information content (AvgIpc) is 2.37. The van der Waals surface area contributed by atoms with Gasteiger partial charge in [0.2, 0.25) is 0 Å². The van der Waals surface area contributed by atoms with Crippen LogP contribution in [-0.2, 0) is 9.47 Å². The van der Waals surface area contributed by atoms with Gasteiger partial charge in [0.15, 0.2) is 0 Å². The van der Waals surface area contributed by atoms with Crippen molar-refractivity contribution in [2.24, 2.45) is 0 Å². The van der Waals surface area contributed by atoms with Crippen molar-refractivity contribution >= 4 is 0 Å². The highest BCUT2D eigenvalue weighted by atomic mass is 16.5. The lowest BCUT2D eigenvalue weighted by atomic mass is 9.95. The number of ether oxygens (including phenoxy) is 2. The van der Waals surface area contributed by atoms with E-state index >= 15 is 0 Å². The van der Waals surface area contributed by atoms with Crippen LogP contribution >= 0.6 is 0 Å². The van der Waals surface area contributed by atoms with Crippen molar-refractivity contribution in [2.75, 3.05) is 33.4 Å². The molecule has 0 aliphatic carbocycles. The van der Waals surface area contributed by atoms with E-state index in [1.807, 2.05) is 0 Å². The monoisotopic (exact) mass is 256 g/mol. The zero-order valence-electron chi connectivity index (χ0n) is 12.0. The Kier molecular flexibility index (Phi) is 5.42. The number of hydrogen-bond donors (Lipinski definition) is 1. The maximum absolute atomic E-state index is 6.11. The Labute approximate surface area is 111 Å². The first-order valence-electron chi connectivity index (χ1n) is 7.36. The number of rotatable bonds is 4. The summed E-state index contributed by atoms with van der Waals surface area (Å²) in [6.07, 6.45) is 4.14. The molecule has 4 unspecified atom stereocenters. The Balaban J connectivity index is 1.74. The highest BCUT2D eigenvalue weighted by molar-refractivity contribution is 4.85. The molecule has 2 rings (SSSR count). The lowest BCUT2D eigenvalue weighted by Gasteiger charge is -2.37. The first-order valence-corrected chi connectivity index (χ1v) is 7.36. The smallest absolute Gasteiger partial charge is 0.0935 e. The Morgan fingerprint density at radius 3 is 2.94 bits per heavy atom. The van der Waals surface area contributed by atoms with E-state index in [4.69, 9.17) is 9.47 Å². The molecule has 1 N–H and O–H groups in total. The predicted octanol–water partition coefficient (Wildman–Crippen LogP) is 1.25. The molecule has 2 fully saturated rings. The summed E-state index contributed by atoms with van der Waals surface area (Å²) < 4.78 is 11.9. The zero-order valence-corrected chi connectivity index (χ0v) is 12.0. The third-order valence-electron chi connectivity index (χ3n) is 4.11. The van der Waals surface area contributed by atoms with Crippen molar-refractivity contribution in [2.45, 2.75) is 57.4 Å². The summed E-state index contributed by atoms with van der Waals surface area (Å²) in [5.41, 5.74) is 0. The van der Waals surface area contributed by atoms with Gasteiger partial charge in [0.1, 0.15) is 0 Å². The van der Waals surface area contributed by atoms with Gasteiger partial charge < -0.3 is 19.7 Å². The first-order chi connectivity index (χ1) is 8.69. The van der Waals surface area contributed by atoms with Gasteiger partial charge in [-0.1, -0.05) is 6.92 Å². The van der Waals surface area contributed by atoms with Crippen molar-refractivity contribution in [3.8, 4) is 0 Å². The third kappa shape index (κ3) is 3.92. The van der Waals surface area contributed by atoms with Crippen molar-refractivity contribution in [1.29, 1.82) is 0 Å². The van der Waals surface area contributed by atoms with Crippen molar-refractivity contribution in [1.82, 2.24) is 10.2 Å². The Morgan fingerprint density at radius 1 is 1.39 bits per heavy atom. The maximum Gasteiger partial charge on any atom is 0.0935 e. The van der Waals surface area contributed by atoms with Crippen LogP contribution in [0.1, 0.15) is 33.1 Å². The molecule has 2 aliphatic heterocycles. The molecule has 18 heavy (non-hydrogen) atoms. The summed E-state index contributed by atoms with van der Waals surface area (Å²) in [6, 6.07) is 1.14. The van der Waals surface area contributed by atoms with E-state index < -0.39 is 0 Å². The predicted molar refractivity (Wildman–Crippen MR) is 72.9 cm³/mol. The van der Waals surface area contributed by atoms with E-state index in [2.05, 4.69) is 31.1 Å². The molecule has 4 atom stereocenters. The minimum absolute atomic E-state index is 0.251. The Morgan fingerprint density at radius 2 is 2.22 bits per heavy atom. The molecule has 106 valence electrons. The van der Waals surface area contributed by atoms with E-state index in [0.29, 0.717) is 18.2 Å². The fourth-order valence-corrected chi connectivity index (χ4v) is 2.95. The molecule has 0 aromatic rings. The molecular formula is C14H28N2O2. The number of piperidine rings is 1. The normalized spacial score (nSPS) is 38.8. The largest absolute Gasteiger partial charge is 0.374 e. The van der Waals surface area contributed by atoms with Crippen LogP contribution in [0.5, 0.6) is 0 Å². The van der Waals surface area contributed by atoms with Crippen molar-refractivity contribution in [3.05, 3.63) is 0 Å². The second-order valence-corrected chi connectivity index (χ2v) is 5.79. The topological polar surface area (TPSA) is 33.7 Å². The molecule has 2 aliphatic rings. The average molecular weight is 256 g/mol. The number of nitrogens with one attached hydrogen (secondary N) is 1. The van der Waals surface area contributed by atoms with Gasteiger partial charge in [-0.2, -0.15) is 0 Å². The van der Waals surface area contributed by atoms with Gasteiger partial charge in [-0.05, 0) is 33.2 Å². The fourth-order valence-electron chi connectivity index (χ4n) is 2.95. The second kappa shape index (κ2) is 6.85. The minimum Gasteiger partial charge on any atom is -0.374 e. The summed E-state index contributed by atoms with van der Waals surface area (Å²) in [7, 11) is 2.15. The molecule has 0 radical (unpaired) electrons. The van der Waals surface area contributed by atoms with Gasteiger partial charge in [0.25, 0.3) is 0 Å².